The SMILES string of the molecule is CCCCCCN(CCCCCC)C(=O)CCOC1CCCC1. The zero-order valence-corrected chi connectivity index (χ0v) is 15.7. The van der Waals surface area contributed by atoms with Gasteiger partial charge in [-0.2, -0.15) is 0 Å². The van der Waals surface area contributed by atoms with E-state index in [4.69, 9.17) is 4.74 Å². The molecule has 1 amide bonds. The van der Waals surface area contributed by atoms with Gasteiger partial charge in [-0.3, -0.25) is 4.79 Å². The highest BCUT2D eigenvalue weighted by molar-refractivity contribution is 5.76. The van der Waals surface area contributed by atoms with E-state index in [1.165, 1.54) is 64.2 Å². The van der Waals surface area contributed by atoms with E-state index in [1.54, 1.807) is 0 Å². The quantitative estimate of drug-likeness (QED) is 0.404. The lowest BCUT2D eigenvalue weighted by atomic mass is 10.1. The maximum Gasteiger partial charge on any atom is 0.224 e. The molecule has 3 nitrogen and oxygen atoms in total. The van der Waals surface area contributed by atoms with Crippen LogP contribution in [-0.2, 0) is 9.53 Å². The first-order valence-corrected chi connectivity index (χ1v) is 10.2. The number of nitrogens with zero attached hydrogens (tertiary/aromatic N) is 1. The van der Waals surface area contributed by atoms with E-state index in [2.05, 4.69) is 18.7 Å². The van der Waals surface area contributed by atoms with Crippen LogP contribution in [0.2, 0.25) is 0 Å². The third-order valence-electron chi connectivity index (χ3n) is 4.89. The molecule has 136 valence electrons. The molecule has 0 atom stereocenters. The van der Waals surface area contributed by atoms with Crippen molar-refractivity contribution in [2.75, 3.05) is 19.7 Å². The molecule has 0 aromatic carbocycles. The van der Waals surface area contributed by atoms with E-state index < -0.39 is 0 Å². The predicted octanol–water partition coefficient (Wildman–Crippen LogP) is 5.32. The fraction of sp³-hybridized carbons (Fsp3) is 0.950. The van der Waals surface area contributed by atoms with Crippen LogP contribution in [0, 0.1) is 0 Å². The number of hydrogen-bond acceptors (Lipinski definition) is 2. The van der Waals surface area contributed by atoms with E-state index in [0.29, 0.717) is 25.0 Å². The monoisotopic (exact) mass is 325 g/mol. The molecule has 0 aliphatic heterocycles. The molecular formula is C20H39NO2. The minimum absolute atomic E-state index is 0.302. The smallest absolute Gasteiger partial charge is 0.224 e. The van der Waals surface area contributed by atoms with Gasteiger partial charge in [0.1, 0.15) is 0 Å². The second-order valence-electron chi connectivity index (χ2n) is 7.03. The van der Waals surface area contributed by atoms with Crippen molar-refractivity contribution in [2.45, 2.75) is 103 Å². The first-order chi connectivity index (χ1) is 11.3. The van der Waals surface area contributed by atoms with Crippen molar-refractivity contribution in [3.8, 4) is 0 Å². The Morgan fingerprint density at radius 2 is 1.48 bits per heavy atom. The van der Waals surface area contributed by atoms with E-state index in [1.807, 2.05) is 0 Å². The average Bonchev–Trinajstić information content (AvgIpc) is 3.06. The topological polar surface area (TPSA) is 29.5 Å². The Balaban J connectivity index is 2.23. The third kappa shape index (κ3) is 10.0. The van der Waals surface area contributed by atoms with Crippen LogP contribution in [0.5, 0.6) is 0 Å². The number of carbonyl (C=O) groups excluding carboxylic acids is 1. The van der Waals surface area contributed by atoms with Crippen LogP contribution in [0.3, 0.4) is 0 Å². The van der Waals surface area contributed by atoms with Crippen LogP contribution in [0.4, 0.5) is 0 Å². The molecule has 1 aliphatic rings. The summed E-state index contributed by atoms with van der Waals surface area (Å²) in [5.74, 6) is 0.302. The van der Waals surface area contributed by atoms with Gasteiger partial charge in [0.05, 0.1) is 19.1 Å². The van der Waals surface area contributed by atoms with E-state index >= 15 is 0 Å². The van der Waals surface area contributed by atoms with Gasteiger partial charge in [-0.25, -0.2) is 0 Å². The van der Waals surface area contributed by atoms with Gasteiger partial charge in [0.25, 0.3) is 0 Å². The molecule has 1 aliphatic carbocycles. The predicted molar refractivity (Wildman–Crippen MR) is 97.7 cm³/mol. The summed E-state index contributed by atoms with van der Waals surface area (Å²) in [5.41, 5.74) is 0. The highest BCUT2D eigenvalue weighted by Crippen LogP contribution is 2.21. The summed E-state index contributed by atoms with van der Waals surface area (Å²) in [6, 6.07) is 0. The molecule has 0 bridgehead atoms. The summed E-state index contributed by atoms with van der Waals surface area (Å²) in [4.78, 5) is 14.6. The van der Waals surface area contributed by atoms with Crippen LogP contribution in [0.15, 0.2) is 0 Å². The van der Waals surface area contributed by atoms with Crippen molar-refractivity contribution in [2.24, 2.45) is 0 Å². The molecule has 0 radical (unpaired) electrons. The Labute approximate surface area is 144 Å². The average molecular weight is 326 g/mol. The fourth-order valence-corrected chi connectivity index (χ4v) is 3.35. The number of unbranched alkanes of at least 4 members (excludes halogenated alkanes) is 6. The zero-order valence-electron chi connectivity index (χ0n) is 15.7. The molecular weight excluding hydrogens is 286 g/mol. The standard InChI is InChI=1S/C20H39NO2/c1-3-5-7-11-16-21(17-12-8-6-4-2)20(22)15-18-23-19-13-9-10-14-19/h19H,3-18H2,1-2H3. The first kappa shape index (κ1) is 20.5. The van der Waals surface area contributed by atoms with Crippen molar-refractivity contribution < 1.29 is 9.53 Å². The molecule has 1 fully saturated rings. The third-order valence-corrected chi connectivity index (χ3v) is 4.89. The molecule has 3 heteroatoms. The summed E-state index contributed by atoms with van der Waals surface area (Å²) in [7, 11) is 0. The molecule has 23 heavy (non-hydrogen) atoms. The largest absolute Gasteiger partial charge is 0.378 e. The van der Waals surface area contributed by atoms with Gasteiger partial charge in [0.15, 0.2) is 0 Å². The minimum atomic E-state index is 0.302. The Hall–Kier alpha value is -0.570. The zero-order chi connectivity index (χ0) is 16.8. The van der Waals surface area contributed by atoms with Gasteiger partial charge in [-0.05, 0) is 25.7 Å². The molecule has 0 heterocycles. The van der Waals surface area contributed by atoms with E-state index in [0.717, 1.165) is 25.9 Å². The second kappa shape index (κ2) is 13.8. The van der Waals surface area contributed by atoms with Crippen LogP contribution in [0.25, 0.3) is 0 Å². The molecule has 0 aromatic rings. The highest BCUT2D eigenvalue weighted by Gasteiger charge is 2.17. The number of amides is 1. The van der Waals surface area contributed by atoms with E-state index in [9.17, 15) is 4.79 Å². The summed E-state index contributed by atoms with van der Waals surface area (Å²) < 4.78 is 5.86. The summed E-state index contributed by atoms with van der Waals surface area (Å²) in [6.45, 7) is 6.95. The van der Waals surface area contributed by atoms with Crippen LogP contribution >= 0.6 is 0 Å². The van der Waals surface area contributed by atoms with Gasteiger partial charge >= 0.3 is 0 Å². The lowest BCUT2D eigenvalue weighted by molar-refractivity contribution is -0.133. The maximum atomic E-state index is 12.5. The van der Waals surface area contributed by atoms with Crippen molar-refractivity contribution in [3.05, 3.63) is 0 Å². The lowest BCUT2D eigenvalue weighted by Gasteiger charge is -2.23. The number of rotatable bonds is 14. The number of carbonyl (C=O) groups is 1. The molecule has 0 saturated heterocycles. The number of ether oxygens (including phenoxy) is 1. The Bertz CT molecular complexity index is 275. The van der Waals surface area contributed by atoms with Crippen molar-refractivity contribution in [1.29, 1.82) is 0 Å². The Morgan fingerprint density at radius 1 is 0.913 bits per heavy atom. The van der Waals surface area contributed by atoms with Crippen LogP contribution in [0.1, 0.15) is 97.3 Å². The van der Waals surface area contributed by atoms with Gasteiger partial charge in [-0.15, -0.1) is 0 Å². The first-order valence-electron chi connectivity index (χ1n) is 10.2. The molecule has 0 N–H and O–H groups in total. The van der Waals surface area contributed by atoms with Crippen molar-refractivity contribution in [3.63, 3.8) is 0 Å². The van der Waals surface area contributed by atoms with Crippen molar-refractivity contribution in [1.82, 2.24) is 4.90 Å². The Morgan fingerprint density at radius 3 is 2.00 bits per heavy atom. The van der Waals surface area contributed by atoms with Gasteiger partial charge in [0.2, 0.25) is 5.91 Å². The summed E-state index contributed by atoms with van der Waals surface area (Å²) >= 11 is 0. The molecule has 1 rings (SSSR count). The molecule has 1 saturated carbocycles. The normalized spacial score (nSPS) is 15.2. The Kier molecular flexibility index (Phi) is 12.3. The maximum absolute atomic E-state index is 12.5. The van der Waals surface area contributed by atoms with Crippen LogP contribution in [-0.4, -0.2) is 36.6 Å². The van der Waals surface area contributed by atoms with Crippen molar-refractivity contribution >= 4 is 5.91 Å². The molecule has 0 unspecified atom stereocenters. The molecule has 0 aromatic heterocycles. The van der Waals surface area contributed by atoms with Crippen LogP contribution < -0.4 is 0 Å². The number of hydrogen-bond donors (Lipinski definition) is 0. The minimum Gasteiger partial charge on any atom is -0.378 e. The second-order valence-corrected chi connectivity index (χ2v) is 7.03. The van der Waals surface area contributed by atoms with Gasteiger partial charge in [0, 0.05) is 13.1 Å². The van der Waals surface area contributed by atoms with E-state index in [-0.39, 0.29) is 0 Å². The summed E-state index contributed by atoms with van der Waals surface area (Å²) in [5, 5.41) is 0. The molecule has 0 spiro atoms. The highest BCUT2D eigenvalue weighted by atomic mass is 16.5. The summed E-state index contributed by atoms with van der Waals surface area (Å²) in [6.07, 6.45) is 15.8. The fourth-order valence-electron chi connectivity index (χ4n) is 3.35. The lowest BCUT2D eigenvalue weighted by Crippen LogP contribution is -2.34. The van der Waals surface area contributed by atoms with Gasteiger partial charge in [-0.1, -0.05) is 65.2 Å². The van der Waals surface area contributed by atoms with Gasteiger partial charge < -0.3 is 9.64 Å².